The Hall–Kier alpha value is -4.99. The number of aromatic nitrogens is 1. The van der Waals surface area contributed by atoms with E-state index in [1.165, 1.54) is 4.90 Å². The van der Waals surface area contributed by atoms with Crippen molar-refractivity contribution in [1.82, 2.24) is 14.9 Å². The number of pyridine rings is 1. The maximum Gasteiger partial charge on any atom is 0.417 e. The van der Waals surface area contributed by atoms with Gasteiger partial charge in [-0.2, -0.15) is 18.2 Å². The molecule has 0 spiro atoms. The number of fused-ring (bicyclic) bond motifs is 4. The Balaban J connectivity index is 1.34. The van der Waals surface area contributed by atoms with Crippen molar-refractivity contribution in [3.05, 3.63) is 99.2 Å². The molecule has 4 amide bonds. The van der Waals surface area contributed by atoms with Crippen LogP contribution in [0.3, 0.4) is 0 Å². The van der Waals surface area contributed by atoms with Crippen LogP contribution < -0.4 is 10.2 Å². The third-order valence-corrected chi connectivity index (χ3v) is 12.0. The SMILES string of the molecule is O=C(O)CCCCCN1C(=O)C2CC=C3C(CC4C(=O)N(Nc5ncc(C(F)(F)F)cc5Cl)C(=O)C4(c4ccc(Cl)cc4)C3c3ccc(OCCO)cc3)C2C1=O. The lowest BCUT2D eigenvalue weighted by Gasteiger charge is -2.50. The summed E-state index contributed by atoms with van der Waals surface area (Å²) in [6, 6.07) is 13.9. The molecule has 6 atom stereocenters. The van der Waals surface area contributed by atoms with E-state index in [9.17, 15) is 37.5 Å². The number of hydrazine groups is 1. The molecule has 3 aromatic rings. The normalized spacial score (nSPS) is 25.6. The Morgan fingerprint density at radius 3 is 2.33 bits per heavy atom. The number of carboxylic acid groups (broad SMARTS) is 1. The van der Waals surface area contributed by atoms with E-state index in [0.29, 0.717) is 59.0 Å². The van der Waals surface area contributed by atoms with Crippen LogP contribution in [0, 0.1) is 23.7 Å². The molecule has 3 N–H and O–H groups in total. The second kappa shape index (κ2) is 15.7. The van der Waals surface area contributed by atoms with E-state index in [4.69, 9.17) is 33.0 Å². The molecule has 2 saturated heterocycles. The van der Waals surface area contributed by atoms with E-state index in [1.54, 1.807) is 48.5 Å². The van der Waals surface area contributed by atoms with Crippen molar-refractivity contribution in [2.45, 2.75) is 56.0 Å². The number of benzene rings is 2. The number of carbonyl (C=O) groups excluding carboxylic acids is 4. The second-order valence-corrected chi connectivity index (χ2v) is 15.4. The standard InChI is InChI=1S/C40H37Cl2F3N4O8/c41-24-9-7-22(8-10-24)39-29(36(54)49(38(39)56)47-34-30(42)18-23(20-46-34)40(43,44)45)19-28-26(33(39)21-5-11-25(12-6-21)57-17-16-50)13-14-27-32(28)37(55)48(35(27)53)15-3-1-2-4-31(51)52/h5-13,18,20,27-29,32-33,50H,1-4,14-17,19H2,(H,46,47)(H,51,52). The van der Waals surface area contributed by atoms with Crippen LogP contribution in [0.4, 0.5) is 19.0 Å². The summed E-state index contributed by atoms with van der Waals surface area (Å²) in [5.41, 5.74) is 1.43. The van der Waals surface area contributed by atoms with Gasteiger partial charge in [0.05, 0.1) is 40.4 Å². The molecule has 1 saturated carbocycles. The first-order valence-electron chi connectivity index (χ1n) is 18.4. The number of carboxylic acids is 1. The van der Waals surface area contributed by atoms with E-state index in [-0.39, 0.29) is 50.7 Å². The zero-order valence-corrected chi connectivity index (χ0v) is 31.7. The number of unbranched alkanes of at least 4 members (excludes halogenated alkanes) is 2. The number of halogens is 5. The third kappa shape index (κ3) is 7.14. The van der Waals surface area contributed by atoms with Crippen molar-refractivity contribution < 1.29 is 52.1 Å². The quantitative estimate of drug-likeness (QED) is 0.0996. The highest BCUT2D eigenvalue weighted by atomic mass is 35.5. The predicted molar refractivity (Wildman–Crippen MR) is 199 cm³/mol. The van der Waals surface area contributed by atoms with Gasteiger partial charge in [0, 0.05) is 30.1 Å². The number of hydrogen-bond acceptors (Lipinski definition) is 9. The number of carbonyl (C=O) groups is 5. The summed E-state index contributed by atoms with van der Waals surface area (Å²) >= 11 is 12.6. The Kier molecular flexibility index (Phi) is 11.1. The first-order chi connectivity index (χ1) is 27.2. The molecular weight excluding hydrogens is 792 g/mol. The van der Waals surface area contributed by atoms with Crippen molar-refractivity contribution in [1.29, 1.82) is 0 Å². The summed E-state index contributed by atoms with van der Waals surface area (Å²) in [4.78, 5) is 74.2. The van der Waals surface area contributed by atoms with E-state index in [0.717, 1.165) is 5.01 Å². The number of aliphatic hydroxyl groups excluding tert-OH is 1. The maximum atomic E-state index is 15.3. The maximum absolute atomic E-state index is 15.3. The monoisotopic (exact) mass is 828 g/mol. The van der Waals surface area contributed by atoms with Crippen LogP contribution in [0.1, 0.15) is 61.1 Å². The number of aliphatic hydroxyl groups is 1. The number of imide groups is 2. The molecule has 2 aromatic carbocycles. The number of likely N-dealkylation sites (tertiary alicyclic amines) is 1. The number of nitrogens with one attached hydrogen (secondary N) is 1. The fourth-order valence-electron chi connectivity index (χ4n) is 9.09. The number of aliphatic carboxylic acids is 1. The molecule has 57 heavy (non-hydrogen) atoms. The summed E-state index contributed by atoms with van der Waals surface area (Å²) in [6.45, 7) is -0.0956. The van der Waals surface area contributed by atoms with Crippen molar-refractivity contribution >= 4 is 58.6 Å². The van der Waals surface area contributed by atoms with Gasteiger partial charge in [-0.1, -0.05) is 65.5 Å². The molecule has 7 rings (SSSR count). The molecule has 2 aliphatic carbocycles. The van der Waals surface area contributed by atoms with E-state index >= 15 is 4.79 Å². The molecule has 3 fully saturated rings. The number of nitrogens with zero attached hydrogens (tertiary/aromatic N) is 3. The van der Waals surface area contributed by atoms with Crippen LogP contribution in [0.5, 0.6) is 5.75 Å². The Morgan fingerprint density at radius 2 is 1.68 bits per heavy atom. The largest absolute Gasteiger partial charge is 0.491 e. The number of anilines is 1. The van der Waals surface area contributed by atoms with E-state index in [2.05, 4.69) is 10.4 Å². The van der Waals surface area contributed by atoms with Gasteiger partial charge >= 0.3 is 12.1 Å². The Morgan fingerprint density at radius 1 is 0.965 bits per heavy atom. The van der Waals surface area contributed by atoms with E-state index < -0.39 is 75.5 Å². The van der Waals surface area contributed by atoms with Gasteiger partial charge < -0.3 is 14.9 Å². The summed E-state index contributed by atoms with van der Waals surface area (Å²) in [5, 5.41) is 18.9. The summed E-state index contributed by atoms with van der Waals surface area (Å²) in [7, 11) is 0. The number of alkyl halides is 3. The first kappa shape index (κ1) is 40.2. The number of hydrogen-bond donors (Lipinski definition) is 3. The highest BCUT2D eigenvalue weighted by Crippen LogP contribution is 2.64. The predicted octanol–water partition coefficient (Wildman–Crippen LogP) is 6.41. The number of ether oxygens (including phenoxy) is 1. The summed E-state index contributed by atoms with van der Waals surface area (Å²) in [5.74, 6) is -7.47. The average molecular weight is 830 g/mol. The van der Waals surface area contributed by atoms with E-state index in [1.807, 2.05) is 6.08 Å². The lowest BCUT2D eigenvalue weighted by Crippen LogP contribution is -2.53. The van der Waals surface area contributed by atoms with Gasteiger partial charge in [-0.25, -0.2) is 4.98 Å². The van der Waals surface area contributed by atoms with Gasteiger partial charge in [0.15, 0.2) is 5.82 Å². The van der Waals surface area contributed by atoms with Crippen molar-refractivity contribution in [2.24, 2.45) is 23.7 Å². The molecule has 3 heterocycles. The highest BCUT2D eigenvalue weighted by molar-refractivity contribution is 6.33. The molecule has 4 aliphatic rings. The van der Waals surface area contributed by atoms with Crippen molar-refractivity contribution in [2.75, 3.05) is 25.2 Å². The van der Waals surface area contributed by atoms with Crippen LogP contribution in [0.25, 0.3) is 0 Å². The average Bonchev–Trinajstić information content (AvgIpc) is 3.54. The molecule has 2 aliphatic heterocycles. The van der Waals surface area contributed by atoms with Gasteiger partial charge in [-0.15, -0.1) is 0 Å². The molecule has 0 bridgehead atoms. The zero-order chi connectivity index (χ0) is 40.8. The van der Waals surface area contributed by atoms with Crippen LogP contribution in [0.2, 0.25) is 10.0 Å². The number of allylic oxidation sites excluding steroid dienone is 2. The number of amides is 4. The Labute approximate surface area is 334 Å². The lowest BCUT2D eigenvalue weighted by atomic mass is 9.49. The molecule has 6 unspecified atom stereocenters. The van der Waals surface area contributed by atoms with Gasteiger partial charge in [-0.3, -0.25) is 34.3 Å². The molecular formula is C40H37Cl2F3N4O8. The highest BCUT2D eigenvalue weighted by Gasteiger charge is 2.70. The molecule has 1 aromatic heterocycles. The topological polar surface area (TPSA) is 166 Å². The zero-order valence-electron chi connectivity index (χ0n) is 30.2. The summed E-state index contributed by atoms with van der Waals surface area (Å²) in [6.07, 6.45) is -0.934. The number of rotatable bonds is 13. The minimum atomic E-state index is -4.76. The first-order valence-corrected chi connectivity index (χ1v) is 19.2. The third-order valence-electron chi connectivity index (χ3n) is 11.5. The second-order valence-electron chi connectivity index (χ2n) is 14.6. The summed E-state index contributed by atoms with van der Waals surface area (Å²) < 4.78 is 46.0. The van der Waals surface area contributed by atoms with Crippen molar-refractivity contribution in [3.8, 4) is 5.75 Å². The molecule has 300 valence electrons. The molecule has 12 nitrogen and oxygen atoms in total. The fourth-order valence-corrected chi connectivity index (χ4v) is 9.42. The minimum Gasteiger partial charge on any atom is -0.491 e. The van der Waals surface area contributed by atoms with Crippen molar-refractivity contribution in [3.63, 3.8) is 0 Å². The molecule has 0 radical (unpaired) electrons. The molecule has 17 heteroatoms. The fraction of sp³-hybridized carbons (Fsp3) is 0.400. The lowest BCUT2D eigenvalue weighted by molar-refractivity contribution is -0.141. The van der Waals surface area contributed by atoms with Gasteiger partial charge in [0.1, 0.15) is 12.4 Å². The van der Waals surface area contributed by atoms with Crippen LogP contribution in [-0.4, -0.2) is 74.5 Å². The Bertz CT molecular complexity index is 2130. The van der Waals surface area contributed by atoms with Crippen LogP contribution >= 0.6 is 23.2 Å². The van der Waals surface area contributed by atoms with Gasteiger partial charge in [-0.05, 0) is 73.1 Å². The van der Waals surface area contributed by atoms with Crippen LogP contribution in [0.15, 0.2) is 72.4 Å². The minimum absolute atomic E-state index is 0.0240. The van der Waals surface area contributed by atoms with Gasteiger partial charge in [0.25, 0.3) is 11.8 Å². The van der Waals surface area contributed by atoms with Crippen LogP contribution in [-0.2, 0) is 35.6 Å². The van der Waals surface area contributed by atoms with Gasteiger partial charge in [0.2, 0.25) is 11.8 Å². The smallest absolute Gasteiger partial charge is 0.417 e.